The molecule has 2 N–H and O–H groups in total. The molecule has 0 aliphatic carbocycles. The molecule has 1 heterocycles. The van der Waals surface area contributed by atoms with Crippen LogP contribution in [0.15, 0.2) is 42.5 Å². The van der Waals surface area contributed by atoms with Gasteiger partial charge in [0.1, 0.15) is 23.9 Å². The first-order valence-corrected chi connectivity index (χ1v) is 14.4. The van der Waals surface area contributed by atoms with E-state index in [9.17, 15) is 32.2 Å². The normalized spacial score (nSPS) is 16.4. The van der Waals surface area contributed by atoms with Crippen LogP contribution in [0, 0.1) is 5.92 Å². The zero-order valence-electron chi connectivity index (χ0n) is 23.2. The third kappa shape index (κ3) is 9.44. The average Bonchev–Trinajstić information content (AvgIpc) is 2.89. The number of fused-ring (bicyclic) bond motifs is 1. The van der Waals surface area contributed by atoms with Crippen molar-refractivity contribution in [3.05, 3.63) is 48.0 Å². The van der Waals surface area contributed by atoms with Gasteiger partial charge >= 0.3 is 12.1 Å². The van der Waals surface area contributed by atoms with Crippen molar-refractivity contribution >= 4 is 5.69 Å². The lowest BCUT2D eigenvalue weighted by Gasteiger charge is -2.39. The molecule has 2 aromatic rings. The molecule has 40 heavy (non-hydrogen) atoms. The molecular weight excluding hydrogens is 529 g/mol. The lowest BCUT2D eigenvalue weighted by atomic mass is 9.95. The lowest BCUT2D eigenvalue weighted by molar-refractivity contribution is -0.284. The van der Waals surface area contributed by atoms with Gasteiger partial charge in [-0.1, -0.05) is 76.8 Å². The number of hydrogen-bond acceptors (Lipinski definition) is 4. The number of halogens is 5. The Morgan fingerprint density at radius 1 is 0.800 bits per heavy atom. The topological polar surface area (TPSA) is 52.9 Å². The van der Waals surface area contributed by atoms with Gasteiger partial charge in [0, 0.05) is 19.0 Å². The third-order valence-corrected chi connectivity index (χ3v) is 7.75. The van der Waals surface area contributed by atoms with Gasteiger partial charge in [0.05, 0.1) is 11.7 Å². The lowest BCUT2D eigenvalue weighted by Crippen LogP contribution is -2.37. The summed E-state index contributed by atoms with van der Waals surface area (Å²) in [7, 11) is 0. The second-order valence-electron chi connectivity index (χ2n) is 11.1. The minimum atomic E-state index is -5.45. The van der Waals surface area contributed by atoms with Gasteiger partial charge in [-0.25, -0.2) is 0 Å². The average molecular weight is 572 g/mol. The van der Waals surface area contributed by atoms with Crippen LogP contribution in [-0.2, 0) is 0 Å². The Morgan fingerprint density at radius 3 is 2.02 bits per heavy atom. The van der Waals surface area contributed by atoms with E-state index in [0.29, 0.717) is 31.1 Å². The van der Waals surface area contributed by atoms with Gasteiger partial charge in [-0.05, 0) is 48.6 Å². The van der Waals surface area contributed by atoms with E-state index in [4.69, 9.17) is 4.74 Å². The summed E-state index contributed by atoms with van der Waals surface area (Å²) in [5.74, 6) is -3.08. The fourth-order valence-corrected chi connectivity index (χ4v) is 5.32. The summed E-state index contributed by atoms with van der Waals surface area (Å²) in [6.45, 7) is 3.42. The zero-order chi connectivity index (χ0) is 29.2. The minimum absolute atomic E-state index is 0.0141. The Hall–Kier alpha value is -2.71. The zero-order valence-corrected chi connectivity index (χ0v) is 23.2. The number of aromatic hydroxyl groups is 2. The number of benzene rings is 2. The van der Waals surface area contributed by atoms with Crippen LogP contribution in [0.5, 0.6) is 17.2 Å². The number of unbranched alkanes of at least 4 members (excludes halogenated alkanes) is 7. The second kappa shape index (κ2) is 14.8. The maximum absolute atomic E-state index is 13.0. The molecule has 2 aromatic carbocycles. The maximum atomic E-state index is 13.0. The molecule has 0 aromatic heterocycles. The van der Waals surface area contributed by atoms with Gasteiger partial charge in [0.25, 0.3) is 0 Å². The van der Waals surface area contributed by atoms with Gasteiger partial charge in [-0.15, -0.1) is 0 Å². The molecule has 0 spiro atoms. The van der Waals surface area contributed by atoms with Gasteiger partial charge < -0.3 is 19.8 Å². The highest BCUT2D eigenvalue weighted by Crippen LogP contribution is 2.42. The number of phenolic OH excluding ortho intramolecular Hbond substituents is 2. The molecule has 9 heteroatoms. The molecule has 0 saturated heterocycles. The fourth-order valence-electron chi connectivity index (χ4n) is 5.32. The summed E-state index contributed by atoms with van der Waals surface area (Å²) in [6.07, 6.45) is 2.89. The summed E-state index contributed by atoms with van der Waals surface area (Å²) in [4.78, 5) is 2.32. The SMILES string of the molecule is CC(CCCCCCCCN1c2ccc(O)cc2OC[C@H]1c1ccc(O)cc1)CCCCCC(F)(F)C(F)(F)F. The van der Waals surface area contributed by atoms with Crippen LogP contribution in [0.25, 0.3) is 0 Å². The van der Waals surface area contributed by atoms with Crippen molar-refractivity contribution in [3.8, 4) is 17.2 Å². The summed E-state index contributed by atoms with van der Waals surface area (Å²) >= 11 is 0. The Kier molecular flexibility index (Phi) is 11.8. The molecule has 1 aliphatic rings. The molecule has 3 rings (SSSR count). The van der Waals surface area contributed by atoms with Crippen molar-refractivity contribution in [1.82, 2.24) is 0 Å². The predicted octanol–water partition coefficient (Wildman–Crippen LogP) is 9.55. The number of anilines is 1. The number of phenols is 2. The molecule has 1 unspecified atom stereocenters. The molecule has 0 saturated carbocycles. The van der Waals surface area contributed by atoms with E-state index in [0.717, 1.165) is 69.2 Å². The monoisotopic (exact) mass is 571 g/mol. The maximum Gasteiger partial charge on any atom is 0.453 e. The highest BCUT2D eigenvalue weighted by Gasteiger charge is 2.56. The first kappa shape index (κ1) is 31.8. The Bertz CT molecular complexity index is 1030. The molecule has 0 radical (unpaired) electrons. The summed E-state index contributed by atoms with van der Waals surface area (Å²) in [5, 5.41) is 19.5. The summed E-state index contributed by atoms with van der Waals surface area (Å²) in [6, 6.07) is 12.4. The second-order valence-corrected chi connectivity index (χ2v) is 11.1. The van der Waals surface area contributed by atoms with Crippen molar-refractivity contribution in [1.29, 1.82) is 0 Å². The van der Waals surface area contributed by atoms with E-state index in [1.54, 1.807) is 24.3 Å². The number of ether oxygens (including phenoxy) is 1. The summed E-state index contributed by atoms with van der Waals surface area (Å²) in [5.41, 5.74) is 2.01. The van der Waals surface area contributed by atoms with Crippen LogP contribution >= 0.6 is 0 Å². The molecule has 2 atom stereocenters. The van der Waals surface area contributed by atoms with Crippen LogP contribution in [0.4, 0.5) is 27.6 Å². The first-order valence-electron chi connectivity index (χ1n) is 14.4. The first-order chi connectivity index (χ1) is 19.0. The number of hydrogen-bond donors (Lipinski definition) is 2. The highest BCUT2D eigenvalue weighted by atomic mass is 19.4. The quantitative estimate of drug-likeness (QED) is 0.156. The number of rotatable bonds is 16. The van der Waals surface area contributed by atoms with Gasteiger partial charge in [0.15, 0.2) is 0 Å². The molecule has 0 amide bonds. The van der Waals surface area contributed by atoms with Crippen LogP contribution in [0.1, 0.15) is 95.6 Å². The third-order valence-electron chi connectivity index (χ3n) is 7.75. The van der Waals surface area contributed by atoms with Crippen LogP contribution in [0.3, 0.4) is 0 Å². The van der Waals surface area contributed by atoms with Gasteiger partial charge in [-0.3, -0.25) is 0 Å². The standard InChI is InChI=1S/C31H42F5NO3/c1-23(12-8-6-9-19-30(32,33)31(34,35)36)11-7-4-2-3-5-10-20-37-27-18-17-26(39)21-29(27)40-22-28(37)24-13-15-25(38)16-14-24/h13-18,21,23,28,38-39H,2-12,19-20,22H2,1H3/t23?,28-/m0/s1. The van der Waals surface area contributed by atoms with E-state index in [1.165, 1.54) is 0 Å². The Labute approximate surface area is 234 Å². The molecule has 224 valence electrons. The van der Waals surface area contributed by atoms with Crippen LogP contribution in [-0.4, -0.2) is 35.5 Å². The molecule has 0 fully saturated rings. The predicted molar refractivity (Wildman–Crippen MR) is 147 cm³/mol. The minimum Gasteiger partial charge on any atom is -0.508 e. The fraction of sp³-hybridized carbons (Fsp3) is 0.613. The van der Waals surface area contributed by atoms with E-state index < -0.39 is 18.5 Å². The molecule has 1 aliphatic heterocycles. The van der Waals surface area contributed by atoms with Crippen molar-refractivity contribution in [2.45, 2.75) is 102 Å². The molecule has 4 nitrogen and oxygen atoms in total. The van der Waals surface area contributed by atoms with E-state index in [1.807, 2.05) is 18.2 Å². The van der Waals surface area contributed by atoms with Crippen LogP contribution in [0.2, 0.25) is 0 Å². The van der Waals surface area contributed by atoms with E-state index >= 15 is 0 Å². The number of alkyl halides is 5. The Morgan fingerprint density at radius 2 is 1.38 bits per heavy atom. The van der Waals surface area contributed by atoms with Gasteiger partial charge in [0.2, 0.25) is 0 Å². The molecular formula is C31H42F5NO3. The summed E-state index contributed by atoms with van der Waals surface area (Å²) < 4.78 is 68.5. The van der Waals surface area contributed by atoms with Crippen molar-refractivity contribution in [3.63, 3.8) is 0 Å². The van der Waals surface area contributed by atoms with Crippen molar-refractivity contribution in [2.24, 2.45) is 5.92 Å². The highest BCUT2D eigenvalue weighted by molar-refractivity contribution is 5.63. The van der Waals surface area contributed by atoms with Crippen molar-refractivity contribution < 1.29 is 36.9 Å². The van der Waals surface area contributed by atoms with Crippen molar-refractivity contribution in [2.75, 3.05) is 18.1 Å². The number of nitrogens with zero attached hydrogens (tertiary/aromatic N) is 1. The van der Waals surface area contributed by atoms with E-state index in [2.05, 4.69) is 11.8 Å². The smallest absolute Gasteiger partial charge is 0.453 e. The Balaban J connectivity index is 1.31. The van der Waals surface area contributed by atoms with E-state index in [-0.39, 0.29) is 24.0 Å². The molecule has 0 bridgehead atoms. The largest absolute Gasteiger partial charge is 0.508 e. The van der Waals surface area contributed by atoms with Crippen LogP contribution < -0.4 is 9.64 Å². The van der Waals surface area contributed by atoms with Gasteiger partial charge in [-0.2, -0.15) is 22.0 Å².